The Morgan fingerprint density at radius 3 is 2.21 bits per heavy atom. The summed E-state index contributed by atoms with van der Waals surface area (Å²) in [5.74, 6) is 1.41. The first-order valence-corrected chi connectivity index (χ1v) is 11.4. The molecule has 0 saturated carbocycles. The molecule has 0 spiro atoms. The van der Waals surface area contributed by atoms with Crippen molar-refractivity contribution < 1.29 is 14.3 Å². The zero-order valence-corrected chi connectivity index (χ0v) is 19.0. The fraction of sp³-hybridized carbons (Fsp3) is 0.217. The van der Waals surface area contributed by atoms with Crippen molar-refractivity contribution in [3.63, 3.8) is 0 Å². The van der Waals surface area contributed by atoms with Gasteiger partial charge in [-0.05, 0) is 62.4 Å². The van der Waals surface area contributed by atoms with Crippen molar-refractivity contribution in [2.45, 2.75) is 19.0 Å². The van der Waals surface area contributed by atoms with E-state index in [1.807, 2.05) is 26.0 Å². The van der Waals surface area contributed by atoms with Crippen molar-refractivity contribution in [3.05, 3.63) is 71.3 Å². The van der Waals surface area contributed by atoms with Crippen LogP contribution >= 0.6 is 11.8 Å². The summed E-state index contributed by atoms with van der Waals surface area (Å²) in [5, 5.41) is 11.4. The Bertz CT molecular complexity index is 1300. The van der Waals surface area contributed by atoms with E-state index >= 15 is 0 Å². The molecule has 170 valence electrons. The van der Waals surface area contributed by atoms with Gasteiger partial charge in [0.2, 0.25) is 11.6 Å². The smallest absolute Gasteiger partial charge is 0.300 e. The number of amides is 1. The molecule has 0 saturated heterocycles. The van der Waals surface area contributed by atoms with Gasteiger partial charge in [-0.2, -0.15) is 0 Å². The normalized spacial score (nSPS) is 10.8. The van der Waals surface area contributed by atoms with Gasteiger partial charge in [0.05, 0.1) is 19.0 Å². The molecule has 10 heteroatoms. The van der Waals surface area contributed by atoms with Gasteiger partial charge in [0.1, 0.15) is 11.5 Å². The molecule has 2 aromatic heterocycles. The molecule has 0 aliphatic heterocycles. The first kappa shape index (κ1) is 22.4. The number of nitrogens with one attached hydrogen (secondary N) is 1. The fourth-order valence-corrected chi connectivity index (χ4v) is 3.88. The predicted octanol–water partition coefficient (Wildman–Crippen LogP) is 3.41. The molecule has 4 aromatic rings. The molecule has 2 aromatic carbocycles. The first-order chi connectivity index (χ1) is 16.1. The Morgan fingerprint density at radius 1 is 0.939 bits per heavy atom. The van der Waals surface area contributed by atoms with Crippen LogP contribution < -0.4 is 20.3 Å². The number of carbonyl (C=O) groups is 1. The van der Waals surface area contributed by atoms with Crippen molar-refractivity contribution >= 4 is 29.0 Å². The summed E-state index contributed by atoms with van der Waals surface area (Å²) in [5.41, 5.74) is 1.24. The number of thioether (sulfide) groups is 1. The van der Waals surface area contributed by atoms with Gasteiger partial charge < -0.3 is 14.8 Å². The predicted molar refractivity (Wildman–Crippen MR) is 127 cm³/mol. The molecule has 0 fully saturated rings. The molecule has 0 unspecified atom stereocenters. The van der Waals surface area contributed by atoms with Crippen LogP contribution in [0.15, 0.2) is 70.9 Å². The van der Waals surface area contributed by atoms with Crippen LogP contribution in [-0.4, -0.2) is 44.0 Å². The SMILES string of the molecule is CCOc1ccc(NC(=O)CSc2nnc3c(=O)n(-c4ccc(OCC)cc4)ccn23)cc1. The van der Waals surface area contributed by atoms with Gasteiger partial charge >= 0.3 is 5.56 Å². The summed E-state index contributed by atoms with van der Waals surface area (Å²) in [4.78, 5) is 25.3. The van der Waals surface area contributed by atoms with Crippen LogP contribution in [0.2, 0.25) is 0 Å². The van der Waals surface area contributed by atoms with Gasteiger partial charge in [0.15, 0.2) is 5.16 Å². The van der Waals surface area contributed by atoms with E-state index in [0.717, 1.165) is 11.5 Å². The molecule has 0 radical (unpaired) electrons. The standard InChI is InChI=1S/C23H23N5O4S/c1-3-31-18-9-5-16(6-10-18)24-20(29)15-33-23-26-25-21-22(30)27(13-14-28(21)23)17-7-11-19(12-8-17)32-4-2/h5-14H,3-4,15H2,1-2H3,(H,24,29). The van der Waals surface area contributed by atoms with Crippen molar-refractivity contribution in [3.8, 4) is 17.2 Å². The molecule has 4 rings (SSSR count). The van der Waals surface area contributed by atoms with Gasteiger partial charge in [-0.3, -0.25) is 18.6 Å². The average molecular weight is 466 g/mol. The second kappa shape index (κ2) is 10.2. The number of carbonyl (C=O) groups excluding carboxylic acids is 1. The Labute approximate surface area is 194 Å². The maximum atomic E-state index is 12.9. The van der Waals surface area contributed by atoms with E-state index in [4.69, 9.17) is 9.47 Å². The van der Waals surface area contributed by atoms with Crippen molar-refractivity contribution in [1.82, 2.24) is 19.2 Å². The highest BCUT2D eigenvalue weighted by Gasteiger charge is 2.14. The third kappa shape index (κ3) is 5.17. The van der Waals surface area contributed by atoms with Crippen LogP contribution in [-0.2, 0) is 4.79 Å². The van der Waals surface area contributed by atoms with Crippen LogP contribution in [0.25, 0.3) is 11.3 Å². The highest BCUT2D eigenvalue weighted by Crippen LogP contribution is 2.19. The Balaban J connectivity index is 1.44. The number of anilines is 1. The zero-order chi connectivity index (χ0) is 23.2. The van der Waals surface area contributed by atoms with E-state index in [-0.39, 0.29) is 22.9 Å². The van der Waals surface area contributed by atoms with E-state index in [0.29, 0.717) is 29.7 Å². The second-order valence-electron chi connectivity index (χ2n) is 6.87. The maximum Gasteiger partial charge on any atom is 0.300 e. The number of fused-ring (bicyclic) bond motifs is 1. The van der Waals surface area contributed by atoms with Crippen LogP contribution in [0.4, 0.5) is 5.69 Å². The highest BCUT2D eigenvalue weighted by atomic mass is 32.2. The topological polar surface area (TPSA) is 99.8 Å². The van der Waals surface area contributed by atoms with Gasteiger partial charge in [0, 0.05) is 23.8 Å². The number of hydrogen-bond acceptors (Lipinski definition) is 7. The molecule has 33 heavy (non-hydrogen) atoms. The van der Waals surface area contributed by atoms with Crippen molar-refractivity contribution in [1.29, 1.82) is 0 Å². The van der Waals surface area contributed by atoms with E-state index in [1.54, 1.807) is 53.2 Å². The molecule has 0 atom stereocenters. The first-order valence-electron chi connectivity index (χ1n) is 10.4. The number of hydrogen-bond donors (Lipinski definition) is 1. The summed E-state index contributed by atoms with van der Waals surface area (Å²) in [6.45, 7) is 4.98. The zero-order valence-electron chi connectivity index (χ0n) is 18.2. The quantitative estimate of drug-likeness (QED) is 0.378. The molecule has 1 amide bonds. The van der Waals surface area contributed by atoms with Crippen molar-refractivity contribution in [2.75, 3.05) is 24.3 Å². The Kier molecular flexibility index (Phi) is 6.94. The van der Waals surface area contributed by atoms with Gasteiger partial charge in [0.25, 0.3) is 0 Å². The summed E-state index contributed by atoms with van der Waals surface area (Å²) in [6, 6.07) is 14.4. The fourth-order valence-electron chi connectivity index (χ4n) is 3.17. The minimum atomic E-state index is -0.306. The van der Waals surface area contributed by atoms with E-state index in [2.05, 4.69) is 15.5 Å². The van der Waals surface area contributed by atoms with E-state index < -0.39 is 0 Å². The number of nitrogens with zero attached hydrogens (tertiary/aromatic N) is 4. The van der Waals surface area contributed by atoms with Crippen LogP contribution in [0, 0.1) is 0 Å². The minimum Gasteiger partial charge on any atom is -0.494 e. The molecular formula is C23H23N5O4S. The van der Waals surface area contributed by atoms with Crippen molar-refractivity contribution in [2.24, 2.45) is 0 Å². The molecule has 0 aliphatic carbocycles. The van der Waals surface area contributed by atoms with Gasteiger partial charge in [-0.15, -0.1) is 10.2 Å². The lowest BCUT2D eigenvalue weighted by Gasteiger charge is -2.08. The molecule has 0 aliphatic rings. The van der Waals surface area contributed by atoms with E-state index in [1.165, 1.54) is 16.3 Å². The lowest BCUT2D eigenvalue weighted by Crippen LogP contribution is -2.20. The molecule has 1 N–H and O–H groups in total. The summed E-state index contributed by atoms with van der Waals surface area (Å²) in [7, 11) is 0. The number of rotatable bonds is 9. The van der Waals surface area contributed by atoms with Gasteiger partial charge in [-0.1, -0.05) is 11.8 Å². The number of benzene rings is 2. The minimum absolute atomic E-state index is 0.121. The van der Waals surface area contributed by atoms with Crippen LogP contribution in [0.3, 0.4) is 0 Å². The molecular weight excluding hydrogens is 442 g/mol. The monoisotopic (exact) mass is 465 g/mol. The Morgan fingerprint density at radius 2 is 1.58 bits per heavy atom. The van der Waals surface area contributed by atoms with Gasteiger partial charge in [-0.25, -0.2) is 0 Å². The average Bonchev–Trinajstić information content (AvgIpc) is 3.24. The maximum absolute atomic E-state index is 12.9. The van der Waals surface area contributed by atoms with Crippen LogP contribution in [0.5, 0.6) is 11.5 Å². The Hall–Kier alpha value is -3.79. The lowest BCUT2D eigenvalue weighted by molar-refractivity contribution is -0.113. The number of aromatic nitrogens is 4. The van der Waals surface area contributed by atoms with Crippen LogP contribution in [0.1, 0.15) is 13.8 Å². The highest BCUT2D eigenvalue weighted by molar-refractivity contribution is 7.99. The summed E-state index contributed by atoms with van der Waals surface area (Å²) in [6.07, 6.45) is 3.36. The summed E-state index contributed by atoms with van der Waals surface area (Å²) < 4.78 is 13.9. The molecule has 0 bridgehead atoms. The number of ether oxygens (including phenoxy) is 2. The third-order valence-corrected chi connectivity index (χ3v) is 5.59. The second-order valence-corrected chi connectivity index (χ2v) is 7.81. The third-order valence-electron chi connectivity index (χ3n) is 4.65. The lowest BCUT2D eigenvalue weighted by atomic mass is 10.3. The van der Waals surface area contributed by atoms with E-state index in [9.17, 15) is 9.59 Å². The summed E-state index contributed by atoms with van der Waals surface area (Å²) >= 11 is 1.20. The molecule has 9 nitrogen and oxygen atoms in total. The molecule has 2 heterocycles. The largest absolute Gasteiger partial charge is 0.494 e.